The zero-order valence-corrected chi connectivity index (χ0v) is 13.2. The Hall–Kier alpha value is -0.770. The molecule has 0 bridgehead atoms. The maximum absolute atomic E-state index is 6.31. The van der Waals surface area contributed by atoms with Gasteiger partial charge in [-0.05, 0) is 61.8 Å². The van der Waals surface area contributed by atoms with Crippen molar-refractivity contribution in [1.82, 2.24) is 0 Å². The highest BCUT2D eigenvalue weighted by molar-refractivity contribution is 6.30. The monoisotopic (exact) mass is 309 g/mol. The lowest BCUT2D eigenvalue weighted by Crippen LogP contribution is -2.27. The van der Waals surface area contributed by atoms with Crippen LogP contribution in [0.5, 0.6) is 5.75 Å². The average Bonchev–Trinajstić information content (AvgIpc) is 2.94. The fourth-order valence-electron chi connectivity index (χ4n) is 3.32. The summed E-state index contributed by atoms with van der Waals surface area (Å²) < 4.78 is 11.5. The minimum atomic E-state index is 0.141. The van der Waals surface area contributed by atoms with E-state index in [1.807, 2.05) is 12.1 Å². The minimum absolute atomic E-state index is 0.141. The lowest BCUT2D eigenvalue weighted by atomic mass is 9.96. The van der Waals surface area contributed by atoms with Gasteiger partial charge in [0.15, 0.2) is 0 Å². The van der Waals surface area contributed by atoms with E-state index < -0.39 is 0 Å². The average molecular weight is 310 g/mol. The van der Waals surface area contributed by atoms with Crippen molar-refractivity contribution in [2.24, 2.45) is 5.73 Å². The van der Waals surface area contributed by atoms with Crippen LogP contribution in [0.25, 0.3) is 0 Å². The standard InChI is InChI=1S/C17H24ClNO2/c18-14-9-12-6-8-21-17(12)13(10-14)11-15(19)4-5-16-3-1-2-7-20-16/h9-10,15-16H,1-8,11,19H2. The van der Waals surface area contributed by atoms with Gasteiger partial charge in [0.2, 0.25) is 0 Å². The number of benzene rings is 1. The van der Waals surface area contributed by atoms with E-state index in [0.29, 0.717) is 6.10 Å². The molecule has 4 heteroatoms. The quantitative estimate of drug-likeness (QED) is 0.905. The highest BCUT2D eigenvalue weighted by Gasteiger charge is 2.20. The van der Waals surface area contributed by atoms with Crippen LogP contribution in [-0.2, 0) is 17.6 Å². The molecule has 116 valence electrons. The predicted octanol–water partition coefficient (Wildman–Crippen LogP) is 3.49. The van der Waals surface area contributed by atoms with Crippen LogP contribution in [-0.4, -0.2) is 25.4 Å². The van der Waals surface area contributed by atoms with E-state index in [4.69, 9.17) is 26.8 Å². The third-order valence-corrected chi connectivity index (χ3v) is 4.66. The zero-order valence-electron chi connectivity index (χ0n) is 12.4. The Kier molecular flexibility index (Phi) is 5.04. The Morgan fingerprint density at radius 3 is 3.00 bits per heavy atom. The second-order valence-corrected chi connectivity index (χ2v) is 6.62. The maximum Gasteiger partial charge on any atom is 0.125 e. The lowest BCUT2D eigenvalue weighted by Gasteiger charge is -2.24. The second kappa shape index (κ2) is 6.99. The zero-order chi connectivity index (χ0) is 14.7. The molecule has 3 nitrogen and oxygen atoms in total. The summed E-state index contributed by atoms with van der Waals surface area (Å²) in [6.45, 7) is 1.67. The van der Waals surface area contributed by atoms with Gasteiger partial charge in [-0.2, -0.15) is 0 Å². The largest absolute Gasteiger partial charge is 0.493 e. The number of hydrogen-bond donors (Lipinski definition) is 1. The van der Waals surface area contributed by atoms with Gasteiger partial charge in [0, 0.05) is 24.1 Å². The van der Waals surface area contributed by atoms with E-state index in [-0.39, 0.29) is 6.04 Å². The summed E-state index contributed by atoms with van der Waals surface area (Å²) in [5, 5.41) is 0.789. The Bertz CT molecular complexity index is 486. The molecule has 0 amide bonds. The molecule has 0 aliphatic carbocycles. The molecule has 0 radical (unpaired) electrons. The van der Waals surface area contributed by atoms with Crippen molar-refractivity contribution in [2.75, 3.05) is 13.2 Å². The van der Waals surface area contributed by atoms with E-state index in [2.05, 4.69) is 0 Å². The fourth-order valence-corrected chi connectivity index (χ4v) is 3.58. The Morgan fingerprint density at radius 1 is 1.29 bits per heavy atom. The van der Waals surface area contributed by atoms with Crippen LogP contribution in [0.4, 0.5) is 0 Å². The highest BCUT2D eigenvalue weighted by atomic mass is 35.5. The number of rotatable bonds is 5. The van der Waals surface area contributed by atoms with Gasteiger partial charge < -0.3 is 15.2 Å². The number of halogens is 1. The van der Waals surface area contributed by atoms with E-state index in [1.54, 1.807) is 0 Å². The molecular weight excluding hydrogens is 286 g/mol. The molecule has 0 aromatic heterocycles. The summed E-state index contributed by atoms with van der Waals surface area (Å²) in [7, 11) is 0. The molecule has 1 fully saturated rings. The molecule has 2 N–H and O–H groups in total. The molecule has 2 aliphatic heterocycles. The van der Waals surface area contributed by atoms with E-state index in [1.165, 1.54) is 24.8 Å². The molecule has 2 unspecified atom stereocenters. The summed E-state index contributed by atoms with van der Waals surface area (Å²) in [4.78, 5) is 0. The van der Waals surface area contributed by atoms with Gasteiger partial charge in [-0.15, -0.1) is 0 Å². The second-order valence-electron chi connectivity index (χ2n) is 6.18. The normalized spacial score (nSPS) is 22.7. The first-order chi connectivity index (χ1) is 10.2. The maximum atomic E-state index is 6.31. The molecule has 2 aliphatic rings. The summed E-state index contributed by atoms with van der Waals surface area (Å²) in [6, 6.07) is 4.15. The predicted molar refractivity (Wildman–Crippen MR) is 85.2 cm³/mol. The summed E-state index contributed by atoms with van der Waals surface area (Å²) in [6.07, 6.45) is 7.92. The van der Waals surface area contributed by atoms with Crippen LogP contribution in [0, 0.1) is 0 Å². The number of hydrogen-bond acceptors (Lipinski definition) is 3. The van der Waals surface area contributed by atoms with Crippen LogP contribution in [0.1, 0.15) is 43.2 Å². The molecule has 1 aromatic rings. The van der Waals surface area contributed by atoms with Crippen LogP contribution < -0.4 is 10.5 Å². The van der Waals surface area contributed by atoms with Crippen molar-refractivity contribution in [1.29, 1.82) is 0 Å². The number of nitrogens with two attached hydrogens (primary N) is 1. The van der Waals surface area contributed by atoms with Gasteiger partial charge in [-0.1, -0.05) is 11.6 Å². The van der Waals surface area contributed by atoms with E-state index in [0.717, 1.165) is 55.2 Å². The molecule has 0 spiro atoms. The third kappa shape index (κ3) is 3.91. The topological polar surface area (TPSA) is 44.5 Å². The minimum Gasteiger partial charge on any atom is -0.493 e. The van der Waals surface area contributed by atoms with Gasteiger partial charge in [0.25, 0.3) is 0 Å². The summed E-state index contributed by atoms with van der Waals surface area (Å²) in [5.41, 5.74) is 8.69. The van der Waals surface area contributed by atoms with Crippen molar-refractivity contribution in [3.8, 4) is 5.75 Å². The molecule has 1 aromatic carbocycles. The van der Waals surface area contributed by atoms with Crippen molar-refractivity contribution in [3.63, 3.8) is 0 Å². The smallest absolute Gasteiger partial charge is 0.125 e. The number of fused-ring (bicyclic) bond motifs is 1. The first kappa shape index (κ1) is 15.1. The van der Waals surface area contributed by atoms with Crippen LogP contribution in [0.15, 0.2) is 12.1 Å². The van der Waals surface area contributed by atoms with Crippen molar-refractivity contribution >= 4 is 11.6 Å². The van der Waals surface area contributed by atoms with E-state index in [9.17, 15) is 0 Å². The van der Waals surface area contributed by atoms with Gasteiger partial charge in [-0.25, -0.2) is 0 Å². The van der Waals surface area contributed by atoms with Crippen LogP contribution >= 0.6 is 11.6 Å². The molecule has 2 heterocycles. The van der Waals surface area contributed by atoms with Crippen molar-refractivity contribution < 1.29 is 9.47 Å². The first-order valence-electron chi connectivity index (χ1n) is 8.03. The fraction of sp³-hybridized carbons (Fsp3) is 0.647. The van der Waals surface area contributed by atoms with Gasteiger partial charge >= 0.3 is 0 Å². The SMILES string of the molecule is NC(CCC1CCCCO1)Cc1cc(Cl)cc2c1OCC2. The van der Waals surface area contributed by atoms with Gasteiger partial charge in [-0.3, -0.25) is 0 Å². The van der Waals surface area contributed by atoms with E-state index >= 15 is 0 Å². The van der Waals surface area contributed by atoms with Crippen LogP contribution in [0.2, 0.25) is 5.02 Å². The molecule has 0 saturated carbocycles. The lowest BCUT2D eigenvalue weighted by molar-refractivity contribution is 0.00915. The molecular formula is C17H24ClNO2. The Morgan fingerprint density at radius 2 is 2.19 bits per heavy atom. The first-order valence-corrected chi connectivity index (χ1v) is 8.41. The molecule has 2 atom stereocenters. The van der Waals surface area contributed by atoms with Gasteiger partial charge in [0.1, 0.15) is 5.75 Å². The Labute approximate surface area is 131 Å². The molecule has 3 rings (SSSR count). The van der Waals surface area contributed by atoms with Crippen molar-refractivity contribution in [3.05, 3.63) is 28.3 Å². The summed E-state index contributed by atoms with van der Waals surface area (Å²) >= 11 is 6.19. The summed E-state index contributed by atoms with van der Waals surface area (Å²) in [5.74, 6) is 1.02. The van der Waals surface area contributed by atoms with Gasteiger partial charge in [0.05, 0.1) is 12.7 Å². The van der Waals surface area contributed by atoms with Crippen LogP contribution in [0.3, 0.4) is 0 Å². The molecule has 1 saturated heterocycles. The molecule has 21 heavy (non-hydrogen) atoms. The third-order valence-electron chi connectivity index (χ3n) is 4.44. The number of ether oxygens (including phenoxy) is 2. The highest BCUT2D eigenvalue weighted by Crippen LogP contribution is 2.33. The Balaban J connectivity index is 1.56. The van der Waals surface area contributed by atoms with Crippen molar-refractivity contribution in [2.45, 2.75) is 57.1 Å².